The first kappa shape index (κ1) is 19.4. The van der Waals surface area contributed by atoms with E-state index in [-0.39, 0.29) is 4.90 Å². The minimum absolute atomic E-state index is 0.288. The van der Waals surface area contributed by atoms with Crippen molar-refractivity contribution < 1.29 is 8.42 Å². The molecule has 0 saturated carbocycles. The van der Waals surface area contributed by atoms with E-state index in [1.807, 2.05) is 36.4 Å². The second-order valence-corrected chi connectivity index (χ2v) is 9.29. The third-order valence-electron chi connectivity index (χ3n) is 5.00. The van der Waals surface area contributed by atoms with Gasteiger partial charge in [0.25, 0.3) is 0 Å². The molecule has 1 saturated heterocycles. The molecule has 2 aromatic carbocycles. The third kappa shape index (κ3) is 4.74. The standard InChI is InChI=1S/C22H24N4O2S/c1-29(27,28)19-12-10-18(11-13-19)23-22-24-20(17-8-4-2-5-9-17)16-21(25-22)26-14-6-3-7-15-26/h2,4-5,8-13,16H,3,6-7,14-15H2,1H3,(H,23,24,25). The van der Waals surface area contributed by atoms with E-state index < -0.39 is 9.84 Å². The lowest BCUT2D eigenvalue weighted by atomic mass is 10.1. The molecular weight excluding hydrogens is 384 g/mol. The Bertz CT molecular complexity index is 1080. The van der Waals surface area contributed by atoms with Gasteiger partial charge in [0.1, 0.15) is 5.82 Å². The van der Waals surface area contributed by atoms with Crippen molar-refractivity contribution in [1.82, 2.24) is 9.97 Å². The Kier molecular flexibility index (Phi) is 5.49. The molecule has 7 heteroatoms. The van der Waals surface area contributed by atoms with Gasteiger partial charge in [0, 0.05) is 36.7 Å². The van der Waals surface area contributed by atoms with E-state index in [2.05, 4.69) is 10.2 Å². The van der Waals surface area contributed by atoms with Gasteiger partial charge < -0.3 is 10.2 Å². The van der Waals surface area contributed by atoms with E-state index in [0.29, 0.717) is 5.95 Å². The number of hydrogen-bond donors (Lipinski definition) is 1. The summed E-state index contributed by atoms with van der Waals surface area (Å²) in [5, 5.41) is 3.23. The van der Waals surface area contributed by atoms with Crippen molar-refractivity contribution in [2.45, 2.75) is 24.2 Å². The lowest BCUT2D eigenvalue weighted by molar-refractivity contribution is 0.573. The number of anilines is 3. The van der Waals surface area contributed by atoms with E-state index in [0.717, 1.165) is 35.9 Å². The van der Waals surface area contributed by atoms with E-state index in [1.165, 1.54) is 25.5 Å². The lowest BCUT2D eigenvalue weighted by Crippen LogP contribution is -2.30. The Morgan fingerprint density at radius 2 is 1.59 bits per heavy atom. The molecule has 29 heavy (non-hydrogen) atoms. The quantitative estimate of drug-likeness (QED) is 0.679. The van der Waals surface area contributed by atoms with Gasteiger partial charge in [0.15, 0.2) is 9.84 Å². The number of rotatable bonds is 5. The summed E-state index contributed by atoms with van der Waals surface area (Å²) in [5.41, 5.74) is 2.63. The number of nitrogens with zero attached hydrogens (tertiary/aromatic N) is 3. The Labute approximate surface area is 171 Å². The van der Waals surface area contributed by atoms with Crippen LogP contribution in [0.3, 0.4) is 0 Å². The van der Waals surface area contributed by atoms with Gasteiger partial charge >= 0.3 is 0 Å². The Hall–Kier alpha value is -2.93. The van der Waals surface area contributed by atoms with Crippen LogP contribution in [0.15, 0.2) is 65.6 Å². The predicted octanol–water partition coefficient (Wildman–Crippen LogP) is 4.28. The maximum Gasteiger partial charge on any atom is 0.229 e. The van der Waals surface area contributed by atoms with Gasteiger partial charge in [0.2, 0.25) is 5.95 Å². The average molecular weight is 409 g/mol. The maximum absolute atomic E-state index is 11.7. The van der Waals surface area contributed by atoms with Crippen molar-refractivity contribution in [3.8, 4) is 11.3 Å². The van der Waals surface area contributed by atoms with Gasteiger partial charge in [-0.3, -0.25) is 0 Å². The van der Waals surface area contributed by atoms with Crippen LogP contribution in [0, 0.1) is 0 Å². The number of piperidine rings is 1. The van der Waals surface area contributed by atoms with Crippen molar-refractivity contribution in [2.24, 2.45) is 0 Å². The van der Waals surface area contributed by atoms with E-state index in [1.54, 1.807) is 24.3 Å². The van der Waals surface area contributed by atoms with Crippen LogP contribution in [-0.4, -0.2) is 37.7 Å². The molecule has 1 fully saturated rings. The van der Waals surface area contributed by atoms with Crippen LogP contribution >= 0.6 is 0 Å². The number of sulfone groups is 1. The van der Waals surface area contributed by atoms with E-state index >= 15 is 0 Å². The van der Waals surface area contributed by atoms with Gasteiger partial charge in [-0.05, 0) is 43.5 Å². The molecule has 1 aromatic heterocycles. The highest BCUT2D eigenvalue weighted by Gasteiger charge is 2.16. The van der Waals surface area contributed by atoms with Crippen LogP contribution in [0.4, 0.5) is 17.5 Å². The molecule has 0 bridgehead atoms. The maximum atomic E-state index is 11.7. The van der Waals surface area contributed by atoms with E-state index in [9.17, 15) is 8.42 Å². The highest BCUT2D eigenvalue weighted by Crippen LogP contribution is 2.27. The topological polar surface area (TPSA) is 75.2 Å². The van der Waals surface area contributed by atoms with Crippen molar-refractivity contribution in [2.75, 3.05) is 29.6 Å². The summed E-state index contributed by atoms with van der Waals surface area (Å²) in [5.74, 6) is 1.41. The predicted molar refractivity (Wildman–Crippen MR) is 116 cm³/mol. The highest BCUT2D eigenvalue weighted by atomic mass is 32.2. The summed E-state index contributed by atoms with van der Waals surface area (Å²) in [6, 6.07) is 18.7. The van der Waals surface area contributed by atoms with Crippen LogP contribution in [0.25, 0.3) is 11.3 Å². The molecule has 6 nitrogen and oxygen atoms in total. The van der Waals surface area contributed by atoms with Gasteiger partial charge in [-0.25, -0.2) is 13.4 Å². The summed E-state index contributed by atoms with van der Waals surface area (Å²) in [4.78, 5) is 12.0. The van der Waals surface area contributed by atoms with Crippen LogP contribution in [0.5, 0.6) is 0 Å². The zero-order valence-corrected chi connectivity index (χ0v) is 17.2. The monoisotopic (exact) mass is 408 g/mol. The number of benzene rings is 2. The third-order valence-corrected chi connectivity index (χ3v) is 6.13. The molecule has 2 heterocycles. The zero-order chi connectivity index (χ0) is 20.3. The molecule has 3 aromatic rings. The molecule has 4 rings (SSSR count). The molecule has 0 aliphatic carbocycles. The summed E-state index contributed by atoms with van der Waals surface area (Å²) in [6.07, 6.45) is 4.79. The van der Waals surface area contributed by atoms with Crippen LogP contribution in [0.2, 0.25) is 0 Å². The lowest BCUT2D eigenvalue weighted by Gasteiger charge is -2.28. The first-order valence-corrected chi connectivity index (χ1v) is 11.6. The Morgan fingerprint density at radius 1 is 0.897 bits per heavy atom. The zero-order valence-electron chi connectivity index (χ0n) is 16.4. The smallest absolute Gasteiger partial charge is 0.229 e. The van der Waals surface area contributed by atoms with Crippen LogP contribution in [-0.2, 0) is 9.84 Å². The number of nitrogens with one attached hydrogen (secondary N) is 1. The molecule has 0 spiro atoms. The first-order chi connectivity index (χ1) is 14.0. The molecule has 150 valence electrons. The molecule has 0 amide bonds. The largest absolute Gasteiger partial charge is 0.356 e. The fourth-order valence-electron chi connectivity index (χ4n) is 3.45. The molecule has 1 aliphatic rings. The summed E-state index contributed by atoms with van der Waals surface area (Å²) < 4.78 is 23.3. The highest BCUT2D eigenvalue weighted by molar-refractivity contribution is 7.90. The number of hydrogen-bond acceptors (Lipinski definition) is 6. The average Bonchev–Trinajstić information content (AvgIpc) is 2.74. The molecular formula is C22H24N4O2S. The van der Waals surface area contributed by atoms with Crippen LogP contribution < -0.4 is 10.2 Å². The molecule has 1 aliphatic heterocycles. The number of aromatic nitrogens is 2. The normalized spacial score (nSPS) is 14.6. The molecule has 0 unspecified atom stereocenters. The second-order valence-electron chi connectivity index (χ2n) is 7.27. The summed E-state index contributed by atoms with van der Waals surface area (Å²) >= 11 is 0. The first-order valence-electron chi connectivity index (χ1n) is 9.76. The van der Waals surface area contributed by atoms with Crippen LogP contribution in [0.1, 0.15) is 19.3 Å². The SMILES string of the molecule is CS(=O)(=O)c1ccc(Nc2nc(-c3ccccc3)cc(N3CCCCC3)n2)cc1. The van der Waals surface area contributed by atoms with Crippen molar-refractivity contribution in [1.29, 1.82) is 0 Å². The molecule has 1 N–H and O–H groups in total. The van der Waals surface area contributed by atoms with Crippen molar-refractivity contribution >= 4 is 27.3 Å². The molecule has 0 atom stereocenters. The van der Waals surface area contributed by atoms with Crippen molar-refractivity contribution in [3.05, 3.63) is 60.7 Å². The summed E-state index contributed by atoms with van der Waals surface area (Å²) in [6.45, 7) is 1.99. The second kappa shape index (κ2) is 8.21. The fraction of sp³-hybridized carbons (Fsp3) is 0.273. The van der Waals surface area contributed by atoms with Gasteiger partial charge in [-0.1, -0.05) is 30.3 Å². The molecule has 0 radical (unpaired) electrons. The summed E-state index contributed by atoms with van der Waals surface area (Å²) in [7, 11) is -3.22. The fourth-order valence-corrected chi connectivity index (χ4v) is 4.08. The van der Waals surface area contributed by atoms with Gasteiger partial charge in [-0.2, -0.15) is 4.98 Å². The minimum atomic E-state index is -3.22. The minimum Gasteiger partial charge on any atom is -0.356 e. The van der Waals surface area contributed by atoms with Gasteiger partial charge in [-0.15, -0.1) is 0 Å². The van der Waals surface area contributed by atoms with Crippen molar-refractivity contribution in [3.63, 3.8) is 0 Å². The van der Waals surface area contributed by atoms with Gasteiger partial charge in [0.05, 0.1) is 10.6 Å². The Morgan fingerprint density at radius 3 is 2.24 bits per heavy atom. The Balaban J connectivity index is 1.68. The van der Waals surface area contributed by atoms with E-state index in [4.69, 9.17) is 9.97 Å².